The standard InChI is InChI=1S/C26H29F2N5O2/c27-21-10-20-24-26(23(21)28)35-9-8-33(24)14-17(25(20)34)12-29-18-2-1-7-32(15-18)19-5-6-22(31-13-19)30-11-16-3-4-16/h5-6,10,13-14,16,18,29H,1-4,7-9,11-12,15H2,(H,30,31). The second-order valence-electron chi connectivity index (χ2n) is 9.81. The topological polar surface area (TPSA) is 71.4 Å². The lowest BCUT2D eigenvalue weighted by Gasteiger charge is -2.35. The predicted octanol–water partition coefficient (Wildman–Crippen LogP) is 3.65. The van der Waals surface area contributed by atoms with E-state index in [0.717, 1.165) is 56.0 Å². The Morgan fingerprint density at radius 2 is 2.06 bits per heavy atom. The van der Waals surface area contributed by atoms with Crippen molar-refractivity contribution in [3.8, 4) is 5.75 Å². The minimum Gasteiger partial charge on any atom is -0.486 e. The van der Waals surface area contributed by atoms with Gasteiger partial charge in [0.15, 0.2) is 17.0 Å². The van der Waals surface area contributed by atoms with Crippen molar-refractivity contribution < 1.29 is 13.5 Å². The van der Waals surface area contributed by atoms with Crippen molar-refractivity contribution in [1.82, 2.24) is 14.9 Å². The molecule has 7 nitrogen and oxygen atoms in total. The first kappa shape index (κ1) is 22.3. The number of benzene rings is 1. The molecule has 1 atom stereocenters. The Hall–Kier alpha value is -3.20. The average molecular weight is 482 g/mol. The molecule has 9 heteroatoms. The zero-order chi connectivity index (χ0) is 23.9. The number of ether oxygens (including phenoxy) is 1. The van der Waals surface area contributed by atoms with Gasteiger partial charge in [-0.2, -0.15) is 4.39 Å². The SMILES string of the molecule is O=c1c(CNC2CCCN(c3ccc(NCC4CC4)nc3)C2)cn2c3c(c(F)c(F)cc13)OCC2. The lowest BCUT2D eigenvalue weighted by Crippen LogP contribution is -2.46. The Balaban J connectivity index is 1.15. The van der Waals surface area contributed by atoms with E-state index in [2.05, 4.69) is 26.6 Å². The Kier molecular flexibility index (Phi) is 5.80. The monoisotopic (exact) mass is 481 g/mol. The van der Waals surface area contributed by atoms with Crippen molar-refractivity contribution in [2.24, 2.45) is 5.92 Å². The molecule has 2 N–H and O–H groups in total. The molecule has 2 aliphatic heterocycles. The molecule has 1 saturated carbocycles. The number of anilines is 2. The number of hydrogen-bond acceptors (Lipinski definition) is 6. The van der Waals surface area contributed by atoms with E-state index in [9.17, 15) is 13.6 Å². The van der Waals surface area contributed by atoms with Crippen LogP contribution in [0.5, 0.6) is 5.75 Å². The van der Waals surface area contributed by atoms with Gasteiger partial charge in [-0.25, -0.2) is 9.37 Å². The summed E-state index contributed by atoms with van der Waals surface area (Å²) in [7, 11) is 0. The molecule has 2 fully saturated rings. The number of hydrogen-bond donors (Lipinski definition) is 2. The third kappa shape index (κ3) is 4.45. The third-order valence-electron chi connectivity index (χ3n) is 7.25. The maximum atomic E-state index is 14.2. The first-order chi connectivity index (χ1) is 17.1. The van der Waals surface area contributed by atoms with E-state index >= 15 is 0 Å². The third-order valence-corrected chi connectivity index (χ3v) is 7.25. The zero-order valence-corrected chi connectivity index (χ0v) is 19.5. The van der Waals surface area contributed by atoms with E-state index in [0.29, 0.717) is 24.2 Å². The van der Waals surface area contributed by atoms with Crippen molar-refractivity contribution in [3.63, 3.8) is 0 Å². The first-order valence-electron chi connectivity index (χ1n) is 12.4. The molecule has 0 amide bonds. The fraction of sp³-hybridized carbons (Fsp3) is 0.462. The fourth-order valence-corrected chi connectivity index (χ4v) is 5.10. The van der Waals surface area contributed by atoms with Gasteiger partial charge in [-0.1, -0.05) is 0 Å². The van der Waals surface area contributed by atoms with Crippen molar-refractivity contribution in [3.05, 3.63) is 58.0 Å². The quantitative estimate of drug-likeness (QED) is 0.537. The summed E-state index contributed by atoms with van der Waals surface area (Å²) in [4.78, 5) is 20.0. The van der Waals surface area contributed by atoms with E-state index < -0.39 is 11.6 Å². The first-order valence-corrected chi connectivity index (χ1v) is 12.4. The molecule has 1 saturated heterocycles. The number of piperidine rings is 1. The van der Waals surface area contributed by atoms with Crippen LogP contribution < -0.4 is 25.7 Å². The summed E-state index contributed by atoms with van der Waals surface area (Å²) in [6.45, 7) is 3.86. The molecule has 4 heterocycles. The molecule has 0 spiro atoms. The van der Waals surface area contributed by atoms with Crippen LogP contribution in [0, 0.1) is 17.6 Å². The molecule has 1 unspecified atom stereocenters. The van der Waals surface area contributed by atoms with Crippen molar-refractivity contribution in [1.29, 1.82) is 0 Å². The highest BCUT2D eigenvalue weighted by atomic mass is 19.2. The molecule has 6 rings (SSSR count). The van der Waals surface area contributed by atoms with Crippen LogP contribution in [0.25, 0.3) is 10.9 Å². The van der Waals surface area contributed by atoms with Gasteiger partial charge in [-0.15, -0.1) is 0 Å². The van der Waals surface area contributed by atoms with E-state index in [1.807, 2.05) is 12.3 Å². The van der Waals surface area contributed by atoms with E-state index in [-0.39, 0.29) is 29.2 Å². The van der Waals surface area contributed by atoms with Crippen LogP contribution in [0.4, 0.5) is 20.3 Å². The molecule has 184 valence electrons. The highest BCUT2D eigenvalue weighted by Gasteiger charge is 2.25. The van der Waals surface area contributed by atoms with Crippen molar-refractivity contribution in [2.45, 2.75) is 44.8 Å². The van der Waals surface area contributed by atoms with Gasteiger partial charge in [0.2, 0.25) is 5.82 Å². The minimum atomic E-state index is -1.06. The summed E-state index contributed by atoms with van der Waals surface area (Å²) in [6.07, 6.45) is 8.33. The number of nitrogens with zero attached hydrogens (tertiary/aromatic N) is 3. The lowest BCUT2D eigenvalue weighted by molar-refractivity contribution is 0.267. The van der Waals surface area contributed by atoms with Gasteiger partial charge < -0.3 is 24.8 Å². The van der Waals surface area contributed by atoms with Gasteiger partial charge in [-0.3, -0.25) is 4.79 Å². The minimum absolute atomic E-state index is 0.157. The van der Waals surface area contributed by atoms with Gasteiger partial charge in [0.1, 0.15) is 12.4 Å². The molecule has 1 aromatic carbocycles. The van der Waals surface area contributed by atoms with E-state index in [1.54, 1.807) is 10.8 Å². The maximum Gasteiger partial charge on any atom is 0.202 e. The summed E-state index contributed by atoms with van der Waals surface area (Å²) >= 11 is 0. The number of aromatic nitrogens is 2. The van der Waals surface area contributed by atoms with Gasteiger partial charge in [0.05, 0.1) is 29.3 Å². The van der Waals surface area contributed by atoms with Gasteiger partial charge in [-0.05, 0) is 49.8 Å². The number of rotatable bonds is 7. The molecule has 2 aromatic heterocycles. The van der Waals surface area contributed by atoms with E-state index in [4.69, 9.17) is 4.74 Å². The van der Waals surface area contributed by atoms with E-state index in [1.165, 1.54) is 12.8 Å². The van der Waals surface area contributed by atoms with Gasteiger partial charge in [0, 0.05) is 44.0 Å². The van der Waals surface area contributed by atoms with Gasteiger partial charge >= 0.3 is 0 Å². The van der Waals surface area contributed by atoms with Crippen LogP contribution in [0.3, 0.4) is 0 Å². The molecule has 0 bridgehead atoms. The molecular weight excluding hydrogens is 452 g/mol. The van der Waals surface area contributed by atoms with Crippen LogP contribution in [0.2, 0.25) is 0 Å². The summed E-state index contributed by atoms with van der Waals surface area (Å²) < 4.78 is 35.5. The molecular formula is C26H29F2N5O2. The Morgan fingerprint density at radius 1 is 1.17 bits per heavy atom. The predicted molar refractivity (Wildman–Crippen MR) is 131 cm³/mol. The maximum absolute atomic E-state index is 14.2. The largest absolute Gasteiger partial charge is 0.486 e. The zero-order valence-electron chi connectivity index (χ0n) is 19.5. The van der Waals surface area contributed by atoms with Crippen molar-refractivity contribution in [2.75, 3.05) is 36.5 Å². The van der Waals surface area contributed by atoms with Crippen LogP contribution in [0.1, 0.15) is 31.2 Å². The van der Waals surface area contributed by atoms with Crippen LogP contribution in [-0.4, -0.2) is 41.8 Å². The molecule has 1 aliphatic carbocycles. The number of nitrogens with one attached hydrogen (secondary N) is 2. The summed E-state index contributed by atoms with van der Waals surface area (Å²) in [5.74, 6) is -0.560. The second-order valence-corrected chi connectivity index (χ2v) is 9.81. The second kappa shape index (κ2) is 9.11. The Labute approximate surface area is 202 Å². The highest BCUT2D eigenvalue weighted by molar-refractivity contribution is 5.86. The van der Waals surface area contributed by atoms with Crippen LogP contribution in [-0.2, 0) is 13.1 Å². The average Bonchev–Trinajstić information content (AvgIpc) is 3.72. The summed E-state index contributed by atoms with van der Waals surface area (Å²) in [5, 5.41) is 7.07. The molecule has 0 radical (unpaired) electrons. The molecule has 3 aliphatic rings. The normalized spacial score (nSPS) is 19.6. The molecule has 35 heavy (non-hydrogen) atoms. The van der Waals surface area contributed by atoms with Gasteiger partial charge in [0.25, 0.3) is 0 Å². The Bertz CT molecular complexity index is 1310. The smallest absolute Gasteiger partial charge is 0.202 e. The summed E-state index contributed by atoms with van der Waals surface area (Å²) in [5.41, 5.74) is 1.67. The number of halogens is 2. The van der Waals surface area contributed by atoms with Crippen LogP contribution >= 0.6 is 0 Å². The highest BCUT2D eigenvalue weighted by Crippen LogP contribution is 2.32. The van der Waals surface area contributed by atoms with Crippen LogP contribution in [0.15, 0.2) is 35.4 Å². The molecule has 3 aromatic rings. The van der Waals surface area contributed by atoms with Crippen molar-refractivity contribution >= 4 is 22.4 Å². The Morgan fingerprint density at radius 3 is 2.86 bits per heavy atom. The fourth-order valence-electron chi connectivity index (χ4n) is 5.10. The number of pyridine rings is 2. The lowest BCUT2D eigenvalue weighted by atomic mass is 10.0. The summed E-state index contributed by atoms with van der Waals surface area (Å²) in [6, 6.07) is 5.34.